The topological polar surface area (TPSA) is 101 Å². The van der Waals surface area contributed by atoms with Gasteiger partial charge in [-0.25, -0.2) is 9.07 Å². The third-order valence-corrected chi connectivity index (χ3v) is 7.51. The quantitative estimate of drug-likeness (QED) is 0.351. The van der Waals surface area contributed by atoms with Gasteiger partial charge in [0, 0.05) is 48.9 Å². The Balaban J connectivity index is 1.28. The summed E-state index contributed by atoms with van der Waals surface area (Å²) in [6.07, 6.45) is 0. The number of aromatic amines is 1. The van der Waals surface area contributed by atoms with E-state index in [4.69, 9.17) is 9.47 Å². The molecule has 0 aliphatic carbocycles. The maximum absolute atomic E-state index is 13.6. The first-order valence-corrected chi connectivity index (χ1v) is 13.1. The lowest BCUT2D eigenvalue weighted by Crippen LogP contribution is -2.49. The lowest BCUT2D eigenvalue weighted by molar-refractivity contribution is 0.174. The van der Waals surface area contributed by atoms with Gasteiger partial charge in [-0.1, -0.05) is 30.3 Å². The number of tetrazole rings is 1. The number of pyridine rings is 1. The van der Waals surface area contributed by atoms with Crippen molar-refractivity contribution >= 4 is 16.6 Å². The van der Waals surface area contributed by atoms with Crippen LogP contribution in [0.15, 0.2) is 77.6 Å². The standard InChI is InChI=1S/C29H26FN7O3/c30-21-8-6-19(7-9-21)17-37-28(32-33-34-37)27(36-12-10-35(11-13-36)22-4-2-1-3-5-22)23-14-20-15-25-26(40-18-39-25)16-24(20)31-29(23)38/h1-9,14-16,27H,10-13,17-18H2,(H,31,38). The third-order valence-electron chi connectivity index (χ3n) is 7.51. The van der Waals surface area contributed by atoms with Gasteiger partial charge < -0.3 is 19.4 Å². The molecule has 3 aromatic carbocycles. The second kappa shape index (κ2) is 10.1. The summed E-state index contributed by atoms with van der Waals surface area (Å²) in [6.45, 7) is 3.44. The minimum absolute atomic E-state index is 0.148. The van der Waals surface area contributed by atoms with Crippen LogP contribution < -0.4 is 19.9 Å². The maximum Gasteiger partial charge on any atom is 0.253 e. The summed E-state index contributed by atoms with van der Waals surface area (Å²) in [6, 6.07) is 21.6. The molecular weight excluding hydrogens is 513 g/mol. The summed E-state index contributed by atoms with van der Waals surface area (Å²) >= 11 is 0. The lowest BCUT2D eigenvalue weighted by Gasteiger charge is -2.39. The van der Waals surface area contributed by atoms with Crippen LogP contribution in [-0.2, 0) is 6.54 Å². The molecule has 4 heterocycles. The molecule has 2 aliphatic heterocycles. The summed E-state index contributed by atoms with van der Waals surface area (Å²) in [5.41, 5.74) is 2.99. The fourth-order valence-corrected chi connectivity index (χ4v) is 5.48. The Kier molecular flexibility index (Phi) is 6.12. The minimum Gasteiger partial charge on any atom is -0.454 e. The molecule has 0 amide bonds. The summed E-state index contributed by atoms with van der Waals surface area (Å²) in [4.78, 5) is 21.2. The molecule has 11 heteroatoms. The van der Waals surface area contributed by atoms with Crippen molar-refractivity contribution < 1.29 is 13.9 Å². The molecule has 1 saturated heterocycles. The first-order chi connectivity index (χ1) is 19.6. The largest absolute Gasteiger partial charge is 0.454 e. The van der Waals surface area contributed by atoms with Crippen molar-refractivity contribution in [2.45, 2.75) is 12.6 Å². The molecule has 0 saturated carbocycles. The number of nitrogens with one attached hydrogen (secondary N) is 1. The molecule has 0 bridgehead atoms. The number of fused-ring (bicyclic) bond motifs is 2. The molecule has 1 fully saturated rings. The van der Waals surface area contributed by atoms with Gasteiger partial charge in [-0.3, -0.25) is 9.69 Å². The van der Waals surface area contributed by atoms with Crippen LogP contribution in [0.2, 0.25) is 0 Å². The highest BCUT2D eigenvalue weighted by Crippen LogP contribution is 2.36. The monoisotopic (exact) mass is 539 g/mol. The molecule has 5 aromatic rings. The van der Waals surface area contributed by atoms with E-state index in [0.29, 0.717) is 48.0 Å². The predicted molar refractivity (Wildman–Crippen MR) is 146 cm³/mol. The molecule has 0 spiro atoms. The zero-order valence-electron chi connectivity index (χ0n) is 21.5. The smallest absolute Gasteiger partial charge is 0.253 e. The van der Waals surface area contributed by atoms with Crippen LogP contribution in [0.5, 0.6) is 11.5 Å². The second-order valence-corrected chi connectivity index (χ2v) is 9.93. The average molecular weight is 540 g/mol. The van der Waals surface area contributed by atoms with E-state index in [9.17, 15) is 9.18 Å². The first kappa shape index (κ1) is 24.3. The average Bonchev–Trinajstić information content (AvgIpc) is 3.64. The van der Waals surface area contributed by atoms with Gasteiger partial charge in [0.1, 0.15) is 11.9 Å². The maximum atomic E-state index is 13.6. The van der Waals surface area contributed by atoms with Crippen LogP contribution in [0.3, 0.4) is 0 Å². The Bertz CT molecular complexity index is 1710. The number of hydrogen-bond donors (Lipinski definition) is 1. The number of hydrogen-bond acceptors (Lipinski definition) is 8. The van der Waals surface area contributed by atoms with Crippen LogP contribution in [0.25, 0.3) is 10.9 Å². The summed E-state index contributed by atoms with van der Waals surface area (Å²) in [7, 11) is 0. The SMILES string of the molecule is O=c1[nH]c2cc3c(cc2cc1C(c1nnnn1Cc1ccc(F)cc1)N1CCN(c2ccccc2)CC1)OCO3. The molecule has 202 valence electrons. The van der Waals surface area contributed by atoms with Crippen molar-refractivity contribution in [1.82, 2.24) is 30.1 Å². The third kappa shape index (κ3) is 4.54. The van der Waals surface area contributed by atoms with E-state index in [-0.39, 0.29) is 18.2 Å². The van der Waals surface area contributed by atoms with Crippen molar-refractivity contribution in [2.75, 3.05) is 37.9 Å². The van der Waals surface area contributed by atoms with Crippen LogP contribution in [0.4, 0.5) is 10.1 Å². The lowest BCUT2D eigenvalue weighted by atomic mass is 10.0. The molecule has 7 rings (SSSR count). The summed E-state index contributed by atoms with van der Waals surface area (Å²) in [5.74, 6) is 1.48. The number of benzene rings is 3. The fraction of sp³-hybridized carbons (Fsp3) is 0.241. The highest BCUT2D eigenvalue weighted by molar-refractivity contribution is 5.83. The Labute approximate surface area is 228 Å². The van der Waals surface area contributed by atoms with Gasteiger partial charge in [0.2, 0.25) is 6.79 Å². The van der Waals surface area contributed by atoms with E-state index < -0.39 is 6.04 Å². The number of H-pyrrole nitrogens is 1. The molecule has 1 N–H and O–H groups in total. The Morgan fingerprint density at radius 3 is 2.45 bits per heavy atom. The van der Waals surface area contributed by atoms with E-state index in [1.807, 2.05) is 30.3 Å². The predicted octanol–water partition coefficient (Wildman–Crippen LogP) is 3.34. The van der Waals surface area contributed by atoms with E-state index >= 15 is 0 Å². The zero-order chi connectivity index (χ0) is 27.1. The van der Waals surface area contributed by atoms with Gasteiger partial charge in [-0.15, -0.1) is 5.10 Å². The molecule has 40 heavy (non-hydrogen) atoms. The Hall–Kier alpha value is -4.77. The van der Waals surface area contributed by atoms with E-state index in [2.05, 4.69) is 42.4 Å². The van der Waals surface area contributed by atoms with Gasteiger partial charge in [-0.05, 0) is 52.4 Å². The van der Waals surface area contributed by atoms with Gasteiger partial charge in [0.25, 0.3) is 5.56 Å². The highest BCUT2D eigenvalue weighted by atomic mass is 19.1. The number of halogens is 1. The fourth-order valence-electron chi connectivity index (χ4n) is 5.48. The zero-order valence-corrected chi connectivity index (χ0v) is 21.5. The molecule has 0 radical (unpaired) electrons. The van der Waals surface area contributed by atoms with Gasteiger partial charge in [-0.2, -0.15) is 0 Å². The number of anilines is 1. The van der Waals surface area contributed by atoms with Crippen molar-refractivity contribution in [3.8, 4) is 11.5 Å². The van der Waals surface area contributed by atoms with Gasteiger partial charge >= 0.3 is 0 Å². The normalized spacial score (nSPS) is 16.0. The number of piperazine rings is 1. The number of ether oxygens (including phenoxy) is 2. The summed E-state index contributed by atoms with van der Waals surface area (Å²) < 4.78 is 26.3. The number of para-hydroxylation sites is 1. The minimum atomic E-state index is -0.507. The van der Waals surface area contributed by atoms with Crippen LogP contribution >= 0.6 is 0 Å². The van der Waals surface area contributed by atoms with E-state index in [1.165, 1.54) is 17.8 Å². The van der Waals surface area contributed by atoms with Crippen molar-refractivity contribution in [3.05, 3.63) is 106 Å². The summed E-state index contributed by atoms with van der Waals surface area (Å²) in [5, 5.41) is 13.5. The number of nitrogens with zero attached hydrogens (tertiary/aromatic N) is 6. The van der Waals surface area contributed by atoms with Crippen LogP contribution in [0.1, 0.15) is 23.0 Å². The number of rotatable bonds is 6. The van der Waals surface area contributed by atoms with Gasteiger partial charge in [0.05, 0.1) is 12.1 Å². The second-order valence-electron chi connectivity index (χ2n) is 9.93. The molecular formula is C29H26FN7O3. The highest BCUT2D eigenvalue weighted by Gasteiger charge is 2.33. The van der Waals surface area contributed by atoms with Crippen LogP contribution in [-0.4, -0.2) is 63.1 Å². The Morgan fingerprint density at radius 1 is 0.925 bits per heavy atom. The number of aromatic nitrogens is 5. The first-order valence-electron chi connectivity index (χ1n) is 13.1. The van der Waals surface area contributed by atoms with Gasteiger partial charge in [0.15, 0.2) is 17.3 Å². The molecule has 2 aromatic heterocycles. The van der Waals surface area contributed by atoms with Crippen molar-refractivity contribution in [1.29, 1.82) is 0 Å². The molecule has 10 nitrogen and oxygen atoms in total. The van der Waals surface area contributed by atoms with Crippen molar-refractivity contribution in [3.63, 3.8) is 0 Å². The Morgan fingerprint density at radius 2 is 1.68 bits per heavy atom. The van der Waals surface area contributed by atoms with E-state index in [1.54, 1.807) is 22.9 Å². The van der Waals surface area contributed by atoms with E-state index in [0.717, 1.165) is 24.0 Å². The van der Waals surface area contributed by atoms with Crippen LogP contribution in [0, 0.1) is 5.82 Å². The molecule has 1 atom stereocenters. The molecule has 1 unspecified atom stereocenters. The molecule has 2 aliphatic rings. The van der Waals surface area contributed by atoms with Crippen molar-refractivity contribution in [2.24, 2.45) is 0 Å².